The highest BCUT2D eigenvalue weighted by molar-refractivity contribution is 6.39. The fourth-order valence-electron chi connectivity index (χ4n) is 2.67. The molecule has 126 valence electrons. The summed E-state index contributed by atoms with van der Waals surface area (Å²) in [5, 5.41) is 10.5. The van der Waals surface area contributed by atoms with Crippen LogP contribution in [0.4, 0.5) is 0 Å². The highest BCUT2D eigenvalue weighted by atomic mass is 35.5. The molecule has 4 aromatic rings. The Kier molecular flexibility index (Phi) is 4.26. The molecule has 4 nitrogen and oxygen atoms in total. The van der Waals surface area contributed by atoms with Gasteiger partial charge in [-0.2, -0.15) is 5.26 Å². The number of imidazole rings is 1. The minimum atomic E-state index is 0.368. The van der Waals surface area contributed by atoms with Crippen molar-refractivity contribution in [3.63, 3.8) is 0 Å². The van der Waals surface area contributed by atoms with Crippen LogP contribution in [0.25, 0.3) is 34.0 Å². The number of hydrogen-bond donors (Lipinski definition) is 1. The second kappa shape index (κ2) is 6.72. The average molecular weight is 380 g/mol. The molecule has 2 aromatic carbocycles. The summed E-state index contributed by atoms with van der Waals surface area (Å²) >= 11 is 12.4. The van der Waals surface area contributed by atoms with Gasteiger partial charge in [0.1, 0.15) is 23.4 Å². The van der Waals surface area contributed by atoms with Crippen LogP contribution in [0.15, 0.2) is 59.0 Å². The number of H-pyrrole nitrogens is 1. The Morgan fingerprint density at radius 3 is 2.54 bits per heavy atom. The molecule has 0 amide bonds. The molecule has 26 heavy (non-hydrogen) atoms. The first-order valence-corrected chi connectivity index (χ1v) is 8.52. The van der Waals surface area contributed by atoms with Crippen LogP contribution in [0.3, 0.4) is 0 Å². The van der Waals surface area contributed by atoms with Gasteiger partial charge in [0.25, 0.3) is 0 Å². The van der Waals surface area contributed by atoms with Gasteiger partial charge in [-0.25, -0.2) is 4.98 Å². The number of rotatable bonds is 3. The van der Waals surface area contributed by atoms with Gasteiger partial charge < -0.3 is 9.40 Å². The first-order chi connectivity index (χ1) is 12.7. The molecule has 2 heterocycles. The minimum absolute atomic E-state index is 0.368. The SMILES string of the molecule is N#C/C(=C\c1ccc(-c2c(Cl)cccc2Cl)o1)c1nc2ccccc2[nH]1. The summed E-state index contributed by atoms with van der Waals surface area (Å²) in [6.45, 7) is 0. The summed E-state index contributed by atoms with van der Waals surface area (Å²) in [6, 6.07) is 18.5. The summed E-state index contributed by atoms with van der Waals surface area (Å²) < 4.78 is 5.82. The smallest absolute Gasteiger partial charge is 0.149 e. The lowest BCUT2D eigenvalue weighted by Crippen LogP contribution is -1.84. The summed E-state index contributed by atoms with van der Waals surface area (Å²) in [5.74, 6) is 1.53. The molecule has 0 fully saturated rings. The first kappa shape index (κ1) is 16.5. The van der Waals surface area contributed by atoms with Crippen molar-refractivity contribution in [2.75, 3.05) is 0 Å². The van der Waals surface area contributed by atoms with Crippen LogP contribution in [0.5, 0.6) is 0 Å². The van der Waals surface area contributed by atoms with E-state index in [9.17, 15) is 5.26 Å². The zero-order valence-corrected chi connectivity index (χ0v) is 14.8. The van der Waals surface area contributed by atoms with E-state index in [1.165, 1.54) is 0 Å². The maximum atomic E-state index is 9.52. The van der Waals surface area contributed by atoms with E-state index < -0.39 is 0 Å². The Labute approximate surface area is 159 Å². The van der Waals surface area contributed by atoms with Crippen molar-refractivity contribution in [3.05, 3.63) is 76.2 Å². The van der Waals surface area contributed by atoms with Gasteiger partial charge in [0.2, 0.25) is 0 Å². The number of aromatic nitrogens is 2. The molecule has 0 spiro atoms. The predicted octanol–water partition coefficient (Wildman–Crippen LogP) is 6.19. The zero-order valence-electron chi connectivity index (χ0n) is 13.3. The van der Waals surface area contributed by atoms with E-state index in [4.69, 9.17) is 27.6 Å². The van der Waals surface area contributed by atoms with E-state index in [2.05, 4.69) is 16.0 Å². The van der Waals surface area contributed by atoms with Gasteiger partial charge in [0, 0.05) is 6.08 Å². The van der Waals surface area contributed by atoms with Gasteiger partial charge >= 0.3 is 0 Å². The van der Waals surface area contributed by atoms with Crippen molar-refractivity contribution in [1.82, 2.24) is 9.97 Å². The fourth-order valence-corrected chi connectivity index (χ4v) is 3.26. The standard InChI is InChI=1S/C20H11Cl2N3O/c21-14-4-3-5-15(22)19(14)18-9-8-13(26-18)10-12(11-23)20-24-16-6-1-2-7-17(16)25-20/h1-10H,(H,24,25)/b12-10+. The monoisotopic (exact) mass is 379 g/mol. The summed E-state index contributed by atoms with van der Waals surface area (Å²) in [5.41, 5.74) is 2.66. The number of furan rings is 1. The number of para-hydroxylation sites is 2. The van der Waals surface area contributed by atoms with E-state index in [1.54, 1.807) is 36.4 Å². The normalized spacial score (nSPS) is 11.7. The van der Waals surface area contributed by atoms with Crippen LogP contribution in [0.2, 0.25) is 10.0 Å². The molecule has 0 aliphatic heterocycles. The molecule has 4 rings (SSSR count). The van der Waals surface area contributed by atoms with Gasteiger partial charge in [-0.3, -0.25) is 0 Å². The van der Waals surface area contributed by atoms with Crippen molar-refractivity contribution in [1.29, 1.82) is 5.26 Å². The molecule has 2 aromatic heterocycles. The number of nitriles is 1. The molecule has 1 N–H and O–H groups in total. The Morgan fingerprint density at radius 2 is 1.81 bits per heavy atom. The maximum Gasteiger partial charge on any atom is 0.149 e. The first-order valence-electron chi connectivity index (χ1n) is 7.77. The second-order valence-electron chi connectivity index (χ2n) is 5.57. The van der Waals surface area contributed by atoms with Gasteiger partial charge in [0.05, 0.1) is 32.2 Å². The van der Waals surface area contributed by atoms with E-state index in [0.717, 1.165) is 11.0 Å². The van der Waals surface area contributed by atoms with Crippen LogP contribution in [0, 0.1) is 11.3 Å². The van der Waals surface area contributed by atoms with Crippen molar-refractivity contribution < 1.29 is 4.42 Å². The largest absolute Gasteiger partial charge is 0.457 e. The number of aromatic amines is 1. The van der Waals surface area contributed by atoms with Gasteiger partial charge in [0.15, 0.2) is 0 Å². The average Bonchev–Trinajstić information content (AvgIpc) is 3.26. The summed E-state index contributed by atoms with van der Waals surface area (Å²) in [6.07, 6.45) is 1.63. The minimum Gasteiger partial charge on any atom is -0.457 e. The number of halogens is 2. The third kappa shape index (κ3) is 2.99. The van der Waals surface area contributed by atoms with E-state index in [0.29, 0.717) is 38.5 Å². The highest BCUT2D eigenvalue weighted by Crippen LogP contribution is 2.36. The summed E-state index contributed by atoms with van der Waals surface area (Å²) in [7, 11) is 0. The Balaban J connectivity index is 1.73. The van der Waals surface area contributed by atoms with Crippen LogP contribution in [-0.4, -0.2) is 9.97 Å². The van der Waals surface area contributed by atoms with Crippen molar-refractivity contribution in [2.45, 2.75) is 0 Å². The van der Waals surface area contributed by atoms with Crippen LogP contribution in [0.1, 0.15) is 11.6 Å². The molecule has 0 radical (unpaired) electrons. The Morgan fingerprint density at radius 1 is 1.04 bits per heavy atom. The summed E-state index contributed by atoms with van der Waals surface area (Å²) in [4.78, 5) is 7.58. The third-order valence-corrected chi connectivity index (χ3v) is 4.52. The number of hydrogen-bond acceptors (Lipinski definition) is 3. The molecular formula is C20H11Cl2N3O. The van der Waals surface area contributed by atoms with Crippen molar-refractivity contribution >= 4 is 45.9 Å². The molecule has 0 saturated heterocycles. The molecule has 0 unspecified atom stereocenters. The Hall–Kier alpha value is -3.00. The number of nitrogens with one attached hydrogen (secondary N) is 1. The molecular weight excluding hydrogens is 369 g/mol. The second-order valence-corrected chi connectivity index (χ2v) is 6.39. The Bertz CT molecular complexity index is 1130. The lowest BCUT2D eigenvalue weighted by atomic mass is 10.2. The third-order valence-electron chi connectivity index (χ3n) is 3.89. The lowest BCUT2D eigenvalue weighted by Gasteiger charge is -2.02. The van der Waals surface area contributed by atoms with E-state index >= 15 is 0 Å². The molecule has 0 aliphatic carbocycles. The molecule has 0 saturated carbocycles. The molecule has 0 atom stereocenters. The van der Waals surface area contributed by atoms with Gasteiger partial charge in [-0.1, -0.05) is 41.4 Å². The van der Waals surface area contributed by atoms with Gasteiger partial charge in [-0.15, -0.1) is 0 Å². The molecule has 0 aliphatic rings. The van der Waals surface area contributed by atoms with E-state index in [1.807, 2.05) is 24.3 Å². The predicted molar refractivity (Wildman–Crippen MR) is 104 cm³/mol. The quantitative estimate of drug-likeness (QED) is 0.431. The number of benzene rings is 2. The van der Waals surface area contributed by atoms with E-state index in [-0.39, 0.29) is 0 Å². The van der Waals surface area contributed by atoms with Crippen LogP contribution >= 0.6 is 23.2 Å². The lowest BCUT2D eigenvalue weighted by molar-refractivity contribution is 0.572. The van der Waals surface area contributed by atoms with Gasteiger partial charge in [-0.05, 0) is 36.4 Å². The highest BCUT2D eigenvalue weighted by Gasteiger charge is 2.13. The van der Waals surface area contributed by atoms with Crippen LogP contribution in [-0.2, 0) is 0 Å². The van der Waals surface area contributed by atoms with Crippen LogP contribution < -0.4 is 0 Å². The zero-order chi connectivity index (χ0) is 18.1. The molecule has 6 heteroatoms. The van der Waals surface area contributed by atoms with Crippen molar-refractivity contribution in [3.8, 4) is 17.4 Å². The number of allylic oxidation sites excluding steroid dienone is 1. The fraction of sp³-hybridized carbons (Fsp3) is 0. The number of fused-ring (bicyclic) bond motifs is 1. The topological polar surface area (TPSA) is 65.6 Å². The maximum absolute atomic E-state index is 9.52. The van der Waals surface area contributed by atoms with Crippen molar-refractivity contribution in [2.24, 2.45) is 0 Å². The molecule has 0 bridgehead atoms. The number of nitrogens with zero attached hydrogens (tertiary/aromatic N) is 2.